The quantitative estimate of drug-likeness (QED) is 0.886. The lowest BCUT2D eigenvalue weighted by atomic mass is 10.0. The van der Waals surface area contributed by atoms with E-state index < -0.39 is 25.1 Å². The summed E-state index contributed by atoms with van der Waals surface area (Å²) in [6, 6.07) is 2.84. The highest BCUT2D eigenvalue weighted by Crippen LogP contribution is 2.34. The van der Waals surface area contributed by atoms with Crippen LogP contribution in [0.15, 0.2) is 21.9 Å². The number of benzene rings is 1. The molecule has 7 heteroatoms. The molecule has 106 valence electrons. The molecule has 0 bridgehead atoms. The molecular weight excluding hydrogens is 286 g/mol. The van der Waals surface area contributed by atoms with Crippen molar-refractivity contribution in [2.75, 3.05) is 0 Å². The Balaban J connectivity index is 2.74. The average Bonchev–Trinajstić information content (AvgIpc) is 2.26. The minimum absolute atomic E-state index is 0.105. The molecule has 2 N–H and O–H groups in total. The zero-order valence-electron chi connectivity index (χ0n) is 10.9. The van der Waals surface area contributed by atoms with Crippen LogP contribution in [-0.2, 0) is 26.3 Å². The third-order valence-electron chi connectivity index (χ3n) is 3.60. The Morgan fingerprint density at radius 1 is 1.37 bits per heavy atom. The number of nitrogens with two attached hydrogens (primary N) is 1. The summed E-state index contributed by atoms with van der Waals surface area (Å²) in [6.07, 6.45) is 1.76. The molecule has 1 aliphatic heterocycles. The fourth-order valence-corrected chi connectivity index (χ4v) is 5.47. The monoisotopic (exact) mass is 303 g/mol. The van der Waals surface area contributed by atoms with Crippen molar-refractivity contribution in [1.29, 1.82) is 0 Å². The molecule has 5 nitrogen and oxygen atoms in total. The van der Waals surface area contributed by atoms with Crippen LogP contribution in [0.1, 0.15) is 30.9 Å². The van der Waals surface area contributed by atoms with Gasteiger partial charge >= 0.3 is 0 Å². The average molecular weight is 303 g/mol. The van der Waals surface area contributed by atoms with Crippen molar-refractivity contribution in [3.63, 3.8) is 0 Å². The summed E-state index contributed by atoms with van der Waals surface area (Å²) in [6.45, 7) is 3.44. The van der Waals surface area contributed by atoms with Gasteiger partial charge in [0.25, 0.3) is 0 Å². The van der Waals surface area contributed by atoms with Crippen molar-refractivity contribution in [3.8, 4) is 0 Å². The van der Waals surface area contributed by atoms with Crippen LogP contribution < -0.4 is 5.14 Å². The van der Waals surface area contributed by atoms with E-state index in [0.29, 0.717) is 30.4 Å². The maximum Gasteiger partial charge on any atom is 0.238 e. The Kier molecular flexibility index (Phi) is 3.49. The summed E-state index contributed by atoms with van der Waals surface area (Å²) < 4.78 is 47.7. The van der Waals surface area contributed by atoms with Gasteiger partial charge in [-0.1, -0.05) is 13.0 Å². The molecule has 0 aromatic heterocycles. The van der Waals surface area contributed by atoms with Crippen LogP contribution >= 0.6 is 0 Å². The highest BCUT2D eigenvalue weighted by Gasteiger charge is 2.33. The second-order valence-corrected chi connectivity index (χ2v) is 8.61. The fourth-order valence-electron chi connectivity index (χ4n) is 2.57. The van der Waals surface area contributed by atoms with Crippen molar-refractivity contribution in [2.24, 2.45) is 5.14 Å². The Hall–Kier alpha value is -0.920. The van der Waals surface area contributed by atoms with Crippen LogP contribution in [0.5, 0.6) is 0 Å². The lowest BCUT2D eigenvalue weighted by Crippen LogP contribution is -2.28. The van der Waals surface area contributed by atoms with Crippen LogP contribution in [0.3, 0.4) is 0 Å². The Labute approximate surface area is 113 Å². The zero-order chi connectivity index (χ0) is 14.4. The SMILES string of the molecule is CCC1CCc2cc(C)c(S(N)(=O)=O)cc2S1(=O)=O. The summed E-state index contributed by atoms with van der Waals surface area (Å²) in [5, 5.41) is 4.69. The predicted molar refractivity (Wildman–Crippen MR) is 72.1 cm³/mol. The number of aryl methyl sites for hydroxylation is 2. The molecule has 0 amide bonds. The largest absolute Gasteiger partial charge is 0.238 e. The molecule has 0 saturated heterocycles. The standard InChI is InChI=1S/C12H17NO4S2/c1-3-10-5-4-9-6-8(2)11(19(13,16)17)7-12(9)18(10,14)15/h6-7,10H,3-5H2,1-2H3,(H2,13,16,17). The van der Waals surface area contributed by atoms with Gasteiger partial charge in [0, 0.05) is 0 Å². The normalized spacial score (nSPS) is 21.9. The van der Waals surface area contributed by atoms with Crippen molar-refractivity contribution < 1.29 is 16.8 Å². The van der Waals surface area contributed by atoms with E-state index in [1.807, 2.05) is 6.92 Å². The van der Waals surface area contributed by atoms with Gasteiger partial charge in [0.1, 0.15) is 0 Å². The van der Waals surface area contributed by atoms with Gasteiger partial charge < -0.3 is 0 Å². The Morgan fingerprint density at radius 3 is 2.53 bits per heavy atom. The van der Waals surface area contributed by atoms with E-state index in [1.165, 1.54) is 6.07 Å². The van der Waals surface area contributed by atoms with Gasteiger partial charge in [0.05, 0.1) is 15.0 Å². The van der Waals surface area contributed by atoms with Crippen molar-refractivity contribution in [2.45, 2.75) is 48.2 Å². The van der Waals surface area contributed by atoms with Gasteiger partial charge in [0.15, 0.2) is 9.84 Å². The maximum absolute atomic E-state index is 12.4. The van der Waals surface area contributed by atoms with Gasteiger partial charge in [-0.25, -0.2) is 22.0 Å². The predicted octanol–water partition coefficient (Wildman–Crippen LogP) is 1.14. The summed E-state index contributed by atoms with van der Waals surface area (Å²) >= 11 is 0. The van der Waals surface area contributed by atoms with Gasteiger partial charge in [-0.2, -0.15) is 0 Å². The molecule has 1 aromatic carbocycles. The van der Waals surface area contributed by atoms with Crippen molar-refractivity contribution >= 4 is 19.9 Å². The molecule has 1 heterocycles. The van der Waals surface area contributed by atoms with Gasteiger partial charge in [-0.15, -0.1) is 0 Å². The molecular formula is C12H17NO4S2. The third-order valence-corrected chi connectivity index (χ3v) is 7.09. The van der Waals surface area contributed by atoms with Gasteiger partial charge in [-0.05, 0) is 43.4 Å². The second kappa shape index (κ2) is 4.57. The number of sulfone groups is 1. The van der Waals surface area contributed by atoms with E-state index in [2.05, 4.69) is 0 Å². The van der Waals surface area contributed by atoms with Crippen LogP contribution in [0.4, 0.5) is 0 Å². The van der Waals surface area contributed by atoms with E-state index in [0.717, 1.165) is 0 Å². The summed E-state index contributed by atoms with van der Waals surface area (Å²) in [5.74, 6) is 0. The lowest BCUT2D eigenvalue weighted by Gasteiger charge is -2.25. The fraction of sp³-hybridized carbons (Fsp3) is 0.500. The number of hydrogen-bond donors (Lipinski definition) is 1. The molecule has 19 heavy (non-hydrogen) atoms. The van der Waals surface area contributed by atoms with Crippen LogP contribution in [0.2, 0.25) is 0 Å². The number of primary sulfonamides is 1. The second-order valence-electron chi connectivity index (χ2n) is 4.88. The topological polar surface area (TPSA) is 94.3 Å². The van der Waals surface area contributed by atoms with E-state index in [-0.39, 0.29) is 9.79 Å². The first-order valence-electron chi connectivity index (χ1n) is 6.08. The summed E-state index contributed by atoms with van der Waals surface area (Å²) in [7, 11) is -7.36. The molecule has 0 saturated carbocycles. The number of hydrogen-bond acceptors (Lipinski definition) is 4. The smallest absolute Gasteiger partial charge is 0.225 e. The van der Waals surface area contributed by atoms with E-state index >= 15 is 0 Å². The number of sulfonamides is 1. The maximum atomic E-state index is 12.4. The Bertz CT molecular complexity index is 720. The summed E-state index contributed by atoms with van der Waals surface area (Å²) in [5.41, 5.74) is 1.18. The molecule has 1 aliphatic rings. The van der Waals surface area contributed by atoms with Gasteiger partial charge in [-0.3, -0.25) is 0 Å². The first-order chi connectivity index (χ1) is 8.67. The minimum atomic E-state index is -3.91. The molecule has 1 aromatic rings. The van der Waals surface area contributed by atoms with Crippen LogP contribution in [-0.4, -0.2) is 22.1 Å². The molecule has 1 unspecified atom stereocenters. The first kappa shape index (κ1) is 14.5. The highest BCUT2D eigenvalue weighted by atomic mass is 32.2. The molecule has 0 fully saturated rings. The van der Waals surface area contributed by atoms with Crippen molar-refractivity contribution in [3.05, 3.63) is 23.3 Å². The van der Waals surface area contributed by atoms with Crippen LogP contribution in [0, 0.1) is 6.92 Å². The molecule has 0 radical (unpaired) electrons. The molecule has 2 rings (SSSR count). The first-order valence-corrected chi connectivity index (χ1v) is 9.17. The zero-order valence-corrected chi connectivity index (χ0v) is 12.5. The third kappa shape index (κ3) is 2.42. The van der Waals surface area contributed by atoms with Gasteiger partial charge in [0.2, 0.25) is 10.0 Å². The van der Waals surface area contributed by atoms with Crippen molar-refractivity contribution in [1.82, 2.24) is 0 Å². The van der Waals surface area contributed by atoms with E-state index in [9.17, 15) is 16.8 Å². The van der Waals surface area contributed by atoms with E-state index in [4.69, 9.17) is 5.14 Å². The molecule has 1 atom stereocenters. The molecule has 0 spiro atoms. The minimum Gasteiger partial charge on any atom is -0.225 e. The Morgan fingerprint density at radius 2 is 2.00 bits per heavy atom. The van der Waals surface area contributed by atoms with Crippen LogP contribution in [0.25, 0.3) is 0 Å². The highest BCUT2D eigenvalue weighted by molar-refractivity contribution is 7.92. The van der Waals surface area contributed by atoms with E-state index in [1.54, 1.807) is 13.0 Å². The summed E-state index contributed by atoms with van der Waals surface area (Å²) in [4.78, 5) is 0.0202. The number of fused-ring (bicyclic) bond motifs is 1. The number of rotatable bonds is 2. The lowest BCUT2D eigenvalue weighted by molar-refractivity contribution is 0.553. The molecule has 0 aliphatic carbocycles.